The maximum Gasteiger partial charge on any atom is 0.266 e. The van der Waals surface area contributed by atoms with E-state index in [0.29, 0.717) is 29.5 Å². The average molecular weight is 555 g/mol. The molecular formula is C29H38N4O5S. The van der Waals surface area contributed by atoms with Gasteiger partial charge in [-0.15, -0.1) is 0 Å². The molecule has 1 aliphatic rings. The highest BCUT2D eigenvalue weighted by Crippen LogP contribution is 2.18. The lowest BCUT2D eigenvalue weighted by molar-refractivity contribution is -0.124. The molecule has 39 heavy (non-hydrogen) atoms. The van der Waals surface area contributed by atoms with Gasteiger partial charge in [-0.25, -0.2) is 13.4 Å². The number of fused-ring (bicyclic) bond motifs is 1. The van der Waals surface area contributed by atoms with Gasteiger partial charge in [0.2, 0.25) is 11.7 Å². The molecule has 0 bridgehead atoms. The molecule has 1 fully saturated rings. The van der Waals surface area contributed by atoms with Crippen molar-refractivity contribution in [3.05, 3.63) is 66.1 Å². The third kappa shape index (κ3) is 8.20. The Morgan fingerprint density at radius 2 is 1.77 bits per heavy atom. The second-order valence-electron chi connectivity index (χ2n) is 10.4. The molecule has 2 aromatic carbocycles. The summed E-state index contributed by atoms with van der Waals surface area (Å²) in [7, 11) is -1.53. The number of hydrogen-bond donors (Lipinski definition) is 2. The summed E-state index contributed by atoms with van der Waals surface area (Å²) < 4.78 is 32.0. The van der Waals surface area contributed by atoms with Gasteiger partial charge in [-0.05, 0) is 57.1 Å². The van der Waals surface area contributed by atoms with Crippen LogP contribution in [0.5, 0.6) is 0 Å². The smallest absolute Gasteiger partial charge is 0.266 e. The van der Waals surface area contributed by atoms with Crippen molar-refractivity contribution in [1.29, 1.82) is 0 Å². The van der Waals surface area contributed by atoms with E-state index in [-0.39, 0.29) is 30.0 Å². The van der Waals surface area contributed by atoms with E-state index in [4.69, 9.17) is 4.42 Å². The van der Waals surface area contributed by atoms with Crippen molar-refractivity contribution in [2.45, 2.75) is 50.4 Å². The lowest BCUT2D eigenvalue weighted by Crippen LogP contribution is -2.50. The largest absolute Gasteiger partial charge is 0.434 e. The molecule has 210 valence electrons. The molecule has 1 saturated heterocycles. The Morgan fingerprint density at radius 3 is 2.46 bits per heavy atom. The lowest BCUT2D eigenvalue weighted by atomic mass is 10.0. The fraction of sp³-hybridized carbons (Fsp3) is 0.483. The van der Waals surface area contributed by atoms with Crippen LogP contribution in [-0.4, -0.2) is 74.5 Å². The number of carbonyl (C=O) groups excluding carboxylic acids is 2. The Hall–Kier alpha value is -3.08. The van der Waals surface area contributed by atoms with E-state index in [1.165, 1.54) is 0 Å². The molecular weight excluding hydrogens is 516 g/mol. The standard InChI is InChI=1S/C29H38N4O5S/c1-3-9-25(27(34)29-32-24-12-7-8-13-26(24)38-29)31-28(35)22(18-30-23-14-16-33(2)17-15-23)20-39(36,37)19-21-10-5-4-6-11-21/h4-8,10-13,22-23,25,30H,3,9,14-20H2,1-2H3,(H,31,35)/t22?,25-/m0/s1. The number of sulfone groups is 1. The normalized spacial score (nSPS) is 16.7. The predicted octanol–water partition coefficient (Wildman–Crippen LogP) is 3.21. The van der Waals surface area contributed by atoms with Gasteiger partial charge < -0.3 is 20.0 Å². The summed E-state index contributed by atoms with van der Waals surface area (Å²) in [4.78, 5) is 33.4. The van der Waals surface area contributed by atoms with Crippen LogP contribution in [0.15, 0.2) is 59.0 Å². The molecule has 1 aliphatic heterocycles. The van der Waals surface area contributed by atoms with Crippen molar-refractivity contribution in [3.8, 4) is 0 Å². The molecule has 0 radical (unpaired) electrons. The van der Waals surface area contributed by atoms with Crippen LogP contribution < -0.4 is 10.6 Å². The van der Waals surface area contributed by atoms with E-state index in [2.05, 4.69) is 27.6 Å². The van der Waals surface area contributed by atoms with Crippen molar-refractivity contribution < 1.29 is 22.4 Å². The number of piperidine rings is 1. The summed E-state index contributed by atoms with van der Waals surface area (Å²) in [6, 6.07) is 15.4. The molecule has 0 saturated carbocycles. The Labute approximate surface area is 230 Å². The van der Waals surface area contributed by atoms with Crippen LogP contribution in [0.3, 0.4) is 0 Å². The number of ketones is 1. The fourth-order valence-corrected chi connectivity index (χ4v) is 6.62. The van der Waals surface area contributed by atoms with Crippen molar-refractivity contribution in [1.82, 2.24) is 20.5 Å². The van der Waals surface area contributed by atoms with Crippen LogP contribution in [0.4, 0.5) is 0 Å². The van der Waals surface area contributed by atoms with E-state index < -0.39 is 33.5 Å². The molecule has 0 spiro atoms. The van der Waals surface area contributed by atoms with E-state index in [1.54, 1.807) is 42.5 Å². The number of nitrogens with zero attached hydrogens (tertiary/aromatic N) is 2. The number of carbonyl (C=O) groups is 2. The van der Waals surface area contributed by atoms with Crippen LogP contribution in [0.2, 0.25) is 0 Å². The number of nitrogens with one attached hydrogen (secondary N) is 2. The van der Waals surface area contributed by atoms with Gasteiger partial charge in [0, 0.05) is 12.6 Å². The Bertz CT molecular complexity index is 1320. The SMILES string of the molecule is CCC[C@H](NC(=O)C(CNC1CCN(C)CC1)CS(=O)(=O)Cc1ccccc1)C(=O)c1nc2ccccc2o1. The van der Waals surface area contributed by atoms with Gasteiger partial charge in [-0.2, -0.15) is 0 Å². The number of rotatable bonds is 13. The molecule has 4 rings (SSSR count). The maximum absolute atomic E-state index is 13.6. The number of Topliss-reactive ketones (excluding diaryl/α,β-unsaturated/α-hetero) is 1. The van der Waals surface area contributed by atoms with Crippen molar-refractivity contribution >= 4 is 32.6 Å². The van der Waals surface area contributed by atoms with Crippen molar-refractivity contribution in [3.63, 3.8) is 0 Å². The Kier molecular flexibility index (Phi) is 9.88. The van der Waals surface area contributed by atoms with Crippen LogP contribution in [0, 0.1) is 5.92 Å². The lowest BCUT2D eigenvalue weighted by Gasteiger charge is -2.31. The van der Waals surface area contributed by atoms with Gasteiger partial charge in [0.1, 0.15) is 5.52 Å². The first-order valence-electron chi connectivity index (χ1n) is 13.6. The summed E-state index contributed by atoms with van der Waals surface area (Å²) in [6.45, 7) is 4.02. The monoisotopic (exact) mass is 554 g/mol. The third-order valence-corrected chi connectivity index (χ3v) is 8.83. The second kappa shape index (κ2) is 13.3. The first-order valence-corrected chi connectivity index (χ1v) is 15.4. The predicted molar refractivity (Wildman–Crippen MR) is 151 cm³/mol. The van der Waals surface area contributed by atoms with Gasteiger partial charge in [-0.3, -0.25) is 9.59 Å². The molecule has 10 heteroatoms. The number of amides is 1. The fourth-order valence-electron chi connectivity index (χ4n) is 4.92. The van der Waals surface area contributed by atoms with Gasteiger partial charge in [0.15, 0.2) is 15.4 Å². The zero-order valence-electron chi connectivity index (χ0n) is 22.6. The summed E-state index contributed by atoms with van der Waals surface area (Å²) in [5.41, 5.74) is 1.74. The summed E-state index contributed by atoms with van der Waals surface area (Å²) in [5, 5.41) is 6.27. The quantitative estimate of drug-likeness (QED) is 0.309. The zero-order chi connectivity index (χ0) is 27.8. The van der Waals surface area contributed by atoms with Crippen LogP contribution in [-0.2, 0) is 20.4 Å². The van der Waals surface area contributed by atoms with Gasteiger partial charge >= 0.3 is 0 Å². The highest BCUT2D eigenvalue weighted by Gasteiger charge is 2.32. The number of oxazole rings is 1. The Balaban J connectivity index is 1.49. The van der Waals surface area contributed by atoms with Crippen LogP contribution in [0.25, 0.3) is 11.1 Å². The van der Waals surface area contributed by atoms with Gasteiger partial charge in [0.05, 0.1) is 23.5 Å². The minimum absolute atomic E-state index is 0.0624. The first-order chi connectivity index (χ1) is 18.7. The first kappa shape index (κ1) is 28.9. The average Bonchev–Trinajstić information content (AvgIpc) is 3.36. The number of likely N-dealkylation sites (tertiary alicyclic amines) is 1. The maximum atomic E-state index is 13.6. The Morgan fingerprint density at radius 1 is 1.08 bits per heavy atom. The molecule has 1 unspecified atom stereocenters. The highest BCUT2D eigenvalue weighted by atomic mass is 32.2. The van der Waals surface area contributed by atoms with Gasteiger partial charge in [0.25, 0.3) is 5.89 Å². The van der Waals surface area contributed by atoms with Crippen molar-refractivity contribution in [2.75, 3.05) is 32.4 Å². The number of para-hydroxylation sites is 2. The molecule has 0 aliphatic carbocycles. The summed E-state index contributed by atoms with van der Waals surface area (Å²) in [5.74, 6) is -2.26. The topological polar surface area (TPSA) is 122 Å². The van der Waals surface area contributed by atoms with E-state index >= 15 is 0 Å². The number of hydrogen-bond acceptors (Lipinski definition) is 8. The highest BCUT2D eigenvalue weighted by molar-refractivity contribution is 7.90. The summed E-state index contributed by atoms with van der Waals surface area (Å²) >= 11 is 0. The van der Waals surface area contributed by atoms with E-state index in [9.17, 15) is 18.0 Å². The molecule has 2 N–H and O–H groups in total. The number of benzene rings is 2. The second-order valence-corrected chi connectivity index (χ2v) is 12.5. The van der Waals surface area contributed by atoms with Crippen LogP contribution >= 0.6 is 0 Å². The molecule has 2 atom stereocenters. The molecule has 1 amide bonds. The van der Waals surface area contributed by atoms with E-state index in [1.807, 2.05) is 19.1 Å². The van der Waals surface area contributed by atoms with E-state index in [0.717, 1.165) is 25.9 Å². The minimum Gasteiger partial charge on any atom is -0.434 e. The minimum atomic E-state index is -3.60. The molecule has 9 nitrogen and oxygen atoms in total. The number of aromatic nitrogens is 1. The molecule has 3 aromatic rings. The zero-order valence-corrected chi connectivity index (χ0v) is 23.5. The van der Waals surface area contributed by atoms with Gasteiger partial charge in [-0.1, -0.05) is 55.8 Å². The van der Waals surface area contributed by atoms with Crippen molar-refractivity contribution in [2.24, 2.45) is 5.92 Å². The molecule has 1 aromatic heterocycles. The summed E-state index contributed by atoms with van der Waals surface area (Å²) in [6.07, 6.45) is 2.88. The van der Waals surface area contributed by atoms with Crippen LogP contribution in [0.1, 0.15) is 48.9 Å². The molecule has 2 heterocycles. The third-order valence-electron chi connectivity index (χ3n) is 7.14.